The van der Waals surface area contributed by atoms with Gasteiger partial charge in [0.05, 0.1) is 14.9 Å². The van der Waals surface area contributed by atoms with Crippen LogP contribution in [0, 0.1) is 0 Å². The first-order valence-corrected chi connectivity index (χ1v) is 9.97. The predicted octanol–water partition coefficient (Wildman–Crippen LogP) is 3.47. The van der Waals surface area contributed by atoms with E-state index in [4.69, 9.17) is 11.6 Å². The molecule has 0 aliphatic carbocycles. The van der Waals surface area contributed by atoms with E-state index in [-0.39, 0.29) is 30.4 Å². The van der Waals surface area contributed by atoms with E-state index in [2.05, 4.69) is 0 Å². The first-order valence-electron chi connectivity index (χ1n) is 8.78. The molecule has 0 N–H and O–H groups in total. The average molecular weight is 404 g/mol. The molecule has 1 aromatic heterocycles. The van der Waals surface area contributed by atoms with Crippen LogP contribution in [0.15, 0.2) is 42.5 Å². The van der Waals surface area contributed by atoms with Gasteiger partial charge in [-0.3, -0.25) is 9.59 Å². The molecule has 0 atom stereocenters. The molecule has 3 heterocycles. The molecule has 1 aromatic carbocycles. The fourth-order valence-electron chi connectivity index (χ4n) is 3.60. The highest BCUT2D eigenvalue weighted by Gasteiger charge is 2.41. The molecule has 2 aliphatic heterocycles. The number of hydrogen-bond donors (Lipinski definition) is 0. The van der Waals surface area contributed by atoms with Crippen LogP contribution in [0.2, 0.25) is 4.34 Å². The Morgan fingerprint density at radius 3 is 2.37 bits per heavy atom. The summed E-state index contributed by atoms with van der Waals surface area (Å²) in [7, 11) is 0. The standard InChI is InChI=1S/C19H18ClN3O3S/c20-16-7-6-15(27-16)18(25)21-10-8-13(9-11-21)22-12-17(24)23(19(22)26)14-4-2-1-3-5-14/h1-7,13H,8-12H2. The summed E-state index contributed by atoms with van der Waals surface area (Å²) in [6.45, 7) is 1.21. The maximum atomic E-state index is 12.8. The second-order valence-electron chi connectivity index (χ2n) is 6.60. The van der Waals surface area contributed by atoms with Gasteiger partial charge in [0, 0.05) is 19.1 Å². The summed E-state index contributed by atoms with van der Waals surface area (Å²) in [5.41, 5.74) is 0.595. The molecule has 8 heteroatoms. The van der Waals surface area contributed by atoms with E-state index in [1.807, 2.05) is 6.07 Å². The second kappa shape index (κ2) is 7.32. The van der Waals surface area contributed by atoms with E-state index >= 15 is 0 Å². The Hall–Kier alpha value is -2.38. The zero-order valence-electron chi connectivity index (χ0n) is 14.5. The molecule has 0 unspecified atom stereocenters. The van der Waals surface area contributed by atoms with Crippen LogP contribution in [0.5, 0.6) is 0 Å². The molecular formula is C19H18ClN3O3S. The van der Waals surface area contributed by atoms with Crippen molar-refractivity contribution in [1.82, 2.24) is 9.80 Å². The third-order valence-electron chi connectivity index (χ3n) is 4.98. The van der Waals surface area contributed by atoms with Gasteiger partial charge in [0.25, 0.3) is 11.8 Å². The second-order valence-corrected chi connectivity index (χ2v) is 8.32. The van der Waals surface area contributed by atoms with Crippen LogP contribution < -0.4 is 4.90 Å². The summed E-state index contributed by atoms with van der Waals surface area (Å²) in [4.78, 5) is 43.0. The third kappa shape index (κ3) is 3.44. The normalized spacial score (nSPS) is 18.5. The minimum atomic E-state index is -0.277. The summed E-state index contributed by atoms with van der Waals surface area (Å²) >= 11 is 7.19. The van der Waals surface area contributed by atoms with Crippen LogP contribution in [0.25, 0.3) is 0 Å². The molecule has 140 valence electrons. The predicted molar refractivity (Wildman–Crippen MR) is 104 cm³/mol. The van der Waals surface area contributed by atoms with Crippen molar-refractivity contribution in [2.45, 2.75) is 18.9 Å². The number of rotatable bonds is 3. The van der Waals surface area contributed by atoms with Gasteiger partial charge in [0.1, 0.15) is 6.54 Å². The number of thiophene rings is 1. The van der Waals surface area contributed by atoms with Gasteiger partial charge < -0.3 is 9.80 Å². The molecule has 2 saturated heterocycles. The molecule has 2 aromatic rings. The van der Waals surface area contributed by atoms with Gasteiger partial charge in [-0.25, -0.2) is 9.69 Å². The van der Waals surface area contributed by atoms with E-state index in [1.165, 1.54) is 16.2 Å². The Labute approximate surface area is 165 Å². The van der Waals surface area contributed by atoms with Crippen LogP contribution >= 0.6 is 22.9 Å². The lowest BCUT2D eigenvalue weighted by atomic mass is 10.0. The summed E-state index contributed by atoms with van der Waals surface area (Å²) < 4.78 is 0.593. The van der Waals surface area contributed by atoms with Crippen LogP contribution in [0.4, 0.5) is 10.5 Å². The summed E-state index contributed by atoms with van der Waals surface area (Å²) in [5.74, 6) is -0.238. The largest absolute Gasteiger partial charge is 0.338 e. The fraction of sp³-hybridized carbons (Fsp3) is 0.316. The van der Waals surface area contributed by atoms with Gasteiger partial charge in [0.2, 0.25) is 0 Å². The van der Waals surface area contributed by atoms with Gasteiger partial charge >= 0.3 is 6.03 Å². The Balaban J connectivity index is 1.41. The number of anilines is 1. The highest BCUT2D eigenvalue weighted by Crippen LogP contribution is 2.28. The minimum Gasteiger partial charge on any atom is -0.338 e. The first-order chi connectivity index (χ1) is 13.0. The van der Waals surface area contributed by atoms with Crippen molar-refractivity contribution in [3.63, 3.8) is 0 Å². The molecule has 4 rings (SSSR count). The smallest absolute Gasteiger partial charge is 0.332 e. The quantitative estimate of drug-likeness (QED) is 0.737. The van der Waals surface area contributed by atoms with Gasteiger partial charge in [-0.05, 0) is 37.1 Å². The van der Waals surface area contributed by atoms with Crippen molar-refractivity contribution >= 4 is 46.5 Å². The van der Waals surface area contributed by atoms with Crippen molar-refractivity contribution in [3.8, 4) is 0 Å². The van der Waals surface area contributed by atoms with E-state index < -0.39 is 0 Å². The highest BCUT2D eigenvalue weighted by molar-refractivity contribution is 7.17. The average Bonchev–Trinajstić information content (AvgIpc) is 3.25. The van der Waals surface area contributed by atoms with Gasteiger partial charge in [-0.1, -0.05) is 29.8 Å². The molecule has 4 amide bonds. The highest BCUT2D eigenvalue weighted by atomic mass is 35.5. The van der Waals surface area contributed by atoms with Gasteiger partial charge in [-0.2, -0.15) is 0 Å². The number of carbonyl (C=O) groups excluding carboxylic acids is 3. The minimum absolute atomic E-state index is 0.0277. The lowest BCUT2D eigenvalue weighted by molar-refractivity contribution is -0.116. The zero-order chi connectivity index (χ0) is 19.0. The molecule has 27 heavy (non-hydrogen) atoms. The number of imide groups is 1. The van der Waals surface area contributed by atoms with E-state index in [0.717, 1.165) is 0 Å². The maximum Gasteiger partial charge on any atom is 0.332 e. The topological polar surface area (TPSA) is 60.9 Å². The molecule has 0 bridgehead atoms. The maximum absolute atomic E-state index is 12.8. The molecule has 2 aliphatic rings. The molecule has 2 fully saturated rings. The molecule has 0 radical (unpaired) electrons. The van der Waals surface area contributed by atoms with Gasteiger partial charge in [0.15, 0.2) is 0 Å². The van der Waals surface area contributed by atoms with Crippen LogP contribution in [-0.4, -0.2) is 53.3 Å². The number of carbonyl (C=O) groups is 3. The summed E-state index contributed by atoms with van der Waals surface area (Å²) in [6.07, 6.45) is 1.32. The number of hydrogen-bond acceptors (Lipinski definition) is 4. The Bertz CT molecular complexity index is 877. The monoisotopic (exact) mass is 403 g/mol. The van der Waals surface area contributed by atoms with Crippen molar-refractivity contribution < 1.29 is 14.4 Å². The van der Waals surface area contributed by atoms with Crippen molar-refractivity contribution in [2.75, 3.05) is 24.5 Å². The van der Waals surface area contributed by atoms with Crippen molar-refractivity contribution in [1.29, 1.82) is 0 Å². The lowest BCUT2D eigenvalue weighted by Gasteiger charge is -2.36. The number of amides is 4. The first kappa shape index (κ1) is 18.0. The van der Waals surface area contributed by atoms with Crippen LogP contribution in [0.1, 0.15) is 22.5 Å². The van der Waals surface area contributed by atoms with E-state index in [1.54, 1.807) is 46.2 Å². The van der Waals surface area contributed by atoms with E-state index in [0.29, 0.717) is 40.8 Å². The van der Waals surface area contributed by atoms with E-state index in [9.17, 15) is 14.4 Å². The lowest BCUT2D eigenvalue weighted by Crippen LogP contribution is -2.48. The van der Waals surface area contributed by atoms with Crippen LogP contribution in [0.3, 0.4) is 0 Å². The van der Waals surface area contributed by atoms with Crippen LogP contribution in [-0.2, 0) is 4.79 Å². The number of para-hydroxylation sites is 1. The third-order valence-corrected chi connectivity index (χ3v) is 6.20. The number of likely N-dealkylation sites (tertiary alicyclic amines) is 1. The fourth-order valence-corrected chi connectivity index (χ4v) is 4.61. The molecular weight excluding hydrogens is 386 g/mol. The summed E-state index contributed by atoms with van der Waals surface area (Å²) in [5, 5.41) is 0. The SMILES string of the molecule is O=C(c1ccc(Cl)s1)N1CCC(N2CC(=O)N(c3ccccc3)C2=O)CC1. The number of benzene rings is 1. The van der Waals surface area contributed by atoms with Gasteiger partial charge in [-0.15, -0.1) is 11.3 Å². The number of piperidine rings is 1. The Kier molecular flexibility index (Phi) is 4.88. The molecule has 6 nitrogen and oxygen atoms in total. The van der Waals surface area contributed by atoms with Crippen molar-refractivity contribution in [3.05, 3.63) is 51.7 Å². The number of nitrogens with zero attached hydrogens (tertiary/aromatic N) is 3. The molecule has 0 saturated carbocycles. The number of urea groups is 1. The Morgan fingerprint density at radius 1 is 1.04 bits per heavy atom. The van der Waals surface area contributed by atoms with Crippen molar-refractivity contribution in [2.24, 2.45) is 0 Å². The number of halogens is 1. The summed E-state index contributed by atoms with van der Waals surface area (Å²) in [6, 6.07) is 12.1. The Morgan fingerprint density at radius 2 is 1.74 bits per heavy atom. The molecule has 0 spiro atoms. The zero-order valence-corrected chi connectivity index (χ0v) is 16.1.